The van der Waals surface area contributed by atoms with Crippen LogP contribution in [0.2, 0.25) is 10.0 Å². The number of nitrogens with one attached hydrogen (secondary N) is 2. The fourth-order valence-corrected chi connectivity index (χ4v) is 4.32. The first-order chi connectivity index (χ1) is 13.8. The third kappa shape index (κ3) is 3.91. The van der Waals surface area contributed by atoms with Crippen LogP contribution < -0.4 is 10.6 Å². The zero-order valence-corrected chi connectivity index (χ0v) is 17.6. The van der Waals surface area contributed by atoms with Gasteiger partial charge < -0.3 is 15.2 Å². The van der Waals surface area contributed by atoms with E-state index in [4.69, 9.17) is 23.2 Å². The lowest BCUT2D eigenvalue weighted by molar-refractivity contribution is 0.0933. The van der Waals surface area contributed by atoms with Gasteiger partial charge in [0.05, 0.1) is 32.3 Å². The Morgan fingerprint density at radius 2 is 1.97 bits per heavy atom. The number of amides is 1. The minimum absolute atomic E-state index is 0.00233. The Hall–Kier alpha value is -2.31. The monoisotopic (exact) mass is 434 g/mol. The minimum Gasteiger partial charge on any atom is -0.349 e. The molecule has 1 amide bonds. The highest BCUT2D eigenvalue weighted by Crippen LogP contribution is 2.33. The van der Waals surface area contributed by atoms with Gasteiger partial charge in [-0.2, -0.15) is 0 Å². The van der Waals surface area contributed by atoms with E-state index >= 15 is 0 Å². The number of aryl methyl sites for hydroxylation is 1. The summed E-state index contributed by atoms with van der Waals surface area (Å²) in [5.74, 6) is 0.0365. The zero-order chi connectivity index (χ0) is 20.7. The number of benzene rings is 2. The van der Waals surface area contributed by atoms with E-state index in [9.17, 15) is 9.18 Å². The standard InChI is InChI=1S/C21H21Cl2FN4O/c1-11-6-7-12(8-11)25-20(29)13-9-17-18(10-16(13)24)28(2)21(26-17)27-19-14(22)4-3-5-15(19)23/h3-5,9-12H,6-8H2,1-2H3,(H,25,29)(H,26,27)/t11-,12?/m1/s1. The molecule has 1 aromatic heterocycles. The molecule has 1 heterocycles. The van der Waals surface area contributed by atoms with Gasteiger partial charge in [-0.3, -0.25) is 4.79 Å². The number of carbonyl (C=O) groups is 1. The van der Waals surface area contributed by atoms with E-state index in [0.717, 1.165) is 19.3 Å². The second kappa shape index (κ2) is 7.84. The summed E-state index contributed by atoms with van der Waals surface area (Å²) < 4.78 is 16.4. The molecule has 2 N–H and O–H groups in total. The normalized spacial score (nSPS) is 18.9. The Bertz CT molecular complexity index is 1080. The number of rotatable bonds is 4. The van der Waals surface area contributed by atoms with Crippen molar-refractivity contribution in [2.24, 2.45) is 13.0 Å². The smallest absolute Gasteiger partial charge is 0.254 e. The first kappa shape index (κ1) is 20.0. The van der Waals surface area contributed by atoms with Crippen LogP contribution >= 0.6 is 23.2 Å². The topological polar surface area (TPSA) is 59.0 Å². The van der Waals surface area contributed by atoms with E-state index in [1.807, 2.05) is 0 Å². The van der Waals surface area contributed by atoms with Gasteiger partial charge in [-0.1, -0.05) is 36.2 Å². The van der Waals surface area contributed by atoms with Gasteiger partial charge in [0.2, 0.25) is 5.95 Å². The van der Waals surface area contributed by atoms with E-state index < -0.39 is 11.7 Å². The number of carbonyl (C=O) groups excluding carboxylic acids is 1. The predicted molar refractivity (Wildman–Crippen MR) is 115 cm³/mol. The molecule has 4 rings (SSSR count). The molecule has 1 unspecified atom stereocenters. The second-order valence-corrected chi connectivity index (χ2v) is 8.44. The molecule has 1 saturated carbocycles. The van der Waals surface area contributed by atoms with Crippen molar-refractivity contribution in [2.75, 3.05) is 5.32 Å². The van der Waals surface area contributed by atoms with Crippen molar-refractivity contribution in [3.8, 4) is 0 Å². The fraction of sp³-hybridized carbons (Fsp3) is 0.333. The minimum atomic E-state index is -0.577. The van der Waals surface area contributed by atoms with Gasteiger partial charge in [-0.25, -0.2) is 9.37 Å². The Balaban J connectivity index is 1.65. The summed E-state index contributed by atoms with van der Waals surface area (Å²) in [6, 6.07) is 8.08. The molecule has 1 fully saturated rings. The number of hydrogen-bond donors (Lipinski definition) is 2. The molecule has 0 spiro atoms. The summed E-state index contributed by atoms with van der Waals surface area (Å²) in [5, 5.41) is 6.93. The number of imidazole rings is 1. The number of nitrogens with zero attached hydrogens (tertiary/aromatic N) is 2. The van der Waals surface area contributed by atoms with Crippen LogP contribution in [0.5, 0.6) is 0 Å². The summed E-state index contributed by atoms with van der Waals surface area (Å²) in [7, 11) is 1.75. The van der Waals surface area contributed by atoms with Crippen LogP contribution in [0.1, 0.15) is 36.5 Å². The maximum Gasteiger partial charge on any atom is 0.254 e. The first-order valence-corrected chi connectivity index (χ1v) is 10.3. The van der Waals surface area contributed by atoms with Crippen LogP contribution in [0.25, 0.3) is 11.0 Å². The zero-order valence-electron chi connectivity index (χ0n) is 16.1. The molecule has 3 aromatic rings. The van der Waals surface area contributed by atoms with Crippen molar-refractivity contribution in [1.29, 1.82) is 0 Å². The lowest BCUT2D eigenvalue weighted by Gasteiger charge is -2.13. The molecule has 0 bridgehead atoms. The second-order valence-electron chi connectivity index (χ2n) is 7.63. The van der Waals surface area contributed by atoms with Gasteiger partial charge >= 0.3 is 0 Å². The van der Waals surface area contributed by atoms with Crippen molar-refractivity contribution in [1.82, 2.24) is 14.9 Å². The lowest BCUT2D eigenvalue weighted by atomic mass is 10.1. The third-order valence-corrected chi connectivity index (χ3v) is 6.07. The molecular weight excluding hydrogens is 414 g/mol. The summed E-state index contributed by atoms with van der Waals surface area (Å²) in [6.07, 6.45) is 2.92. The number of fused-ring (bicyclic) bond motifs is 1. The van der Waals surface area contributed by atoms with Gasteiger partial charge in [0, 0.05) is 19.2 Å². The number of anilines is 2. The van der Waals surface area contributed by atoms with Crippen molar-refractivity contribution in [2.45, 2.75) is 32.2 Å². The average molecular weight is 435 g/mol. The van der Waals surface area contributed by atoms with Crippen LogP contribution in [-0.2, 0) is 7.05 Å². The van der Waals surface area contributed by atoms with E-state index in [0.29, 0.717) is 38.6 Å². The summed E-state index contributed by atoms with van der Waals surface area (Å²) in [5.41, 5.74) is 1.57. The quantitative estimate of drug-likeness (QED) is 0.554. The van der Waals surface area contributed by atoms with Gasteiger partial charge in [0.15, 0.2) is 0 Å². The number of aromatic nitrogens is 2. The summed E-state index contributed by atoms with van der Waals surface area (Å²) in [4.78, 5) is 17.1. The fourth-order valence-electron chi connectivity index (χ4n) is 3.83. The molecule has 8 heteroatoms. The van der Waals surface area contributed by atoms with Crippen LogP contribution in [0.3, 0.4) is 0 Å². The van der Waals surface area contributed by atoms with Crippen molar-refractivity contribution >= 4 is 51.8 Å². The van der Waals surface area contributed by atoms with Gasteiger partial charge in [0.1, 0.15) is 5.82 Å². The Kier molecular flexibility index (Phi) is 5.40. The van der Waals surface area contributed by atoms with Crippen LogP contribution in [-0.4, -0.2) is 21.5 Å². The lowest BCUT2D eigenvalue weighted by Crippen LogP contribution is -2.33. The highest BCUT2D eigenvalue weighted by molar-refractivity contribution is 6.39. The predicted octanol–water partition coefficient (Wildman–Crippen LogP) is 5.68. The molecule has 5 nitrogen and oxygen atoms in total. The van der Waals surface area contributed by atoms with E-state index in [1.54, 1.807) is 29.8 Å². The Morgan fingerprint density at radius 3 is 2.62 bits per heavy atom. The third-order valence-electron chi connectivity index (χ3n) is 5.44. The SMILES string of the molecule is C[C@@H]1CCC(NC(=O)c2cc3nc(Nc4c(Cl)cccc4Cl)n(C)c3cc2F)C1. The maximum atomic E-state index is 14.7. The maximum absolute atomic E-state index is 14.7. The summed E-state index contributed by atoms with van der Waals surface area (Å²) in [6.45, 7) is 2.16. The Labute approximate surface area is 178 Å². The molecule has 1 aliphatic rings. The molecule has 2 aromatic carbocycles. The van der Waals surface area contributed by atoms with Crippen molar-refractivity contribution < 1.29 is 9.18 Å². The van der Waals surface area contributed by atoms with Crippen LogP contribution in [0.15, 0.2) is 30.3 Å². The molecule has 0 radical (unpaired) electrons. The molecule has 2 atom stereocenters. The summed E-state index contributed by atoms with van der Waals surface area (Å²) >= 11 is 12.4. The molecule has 0 aliphatic heterocycles. The van der Waals surface area contributed by atoms with E-state index in [2.05, 4.69) is 22.5 Å². The molecule has 1 aliphatic carbocycles. The van der Waals surface area contributed by atoms with Crippen LogP contribution in [0.4, 0.5) is 16.0 Å². The first-order valence-electron chi connectivity index (χ1n) is 9.51. The Morgan fingerprint density at radius 1 is 1.24 bits per heavy atom. The highest BCUT2D eigenvalue weighted by atomic mass is 35.5. The van der Waals surface area contributed by atoms with E-state index in [1.165, 1.54) is 12.1 Å². The largest absolute Gasteiger partial charge is 0.349 e. The highest BCUT2D eigenvalue weighted by Gasteiger charge is 2.25. The van der Waals surface area contributed by atoms with Crippen molar-refractivity contribution in [3.05, 3.63) is 51.8 Å². The molecule has 152 valence electrons. The van der Waals surface area contributed by atoms with Gasteiger partial charge in [-0.05, 0) is 43.4 Å². The van der Waals surface area contributed by atoms with Crippen LogP contribution in [0, 0.1) is 11.7 Å². The van der Waals surface area contributed by atoms with Gasteiger partial charge in [0.25, 0.3) is 5.91 Å². The number of para-hydroxylation sites is 1. The van der Waals surface area contributed by atoms with Gasteiger partial charge in [-0.15, -0.1) is 0 Å². The van der Waals surface area contributed by atoms with E-state index in [-0.39, 0.29) is 11.6 Å². The number of hydrogen-bond acceptors (Lipinski definition) is 3. The van der Waals surface area contributed by atoms with Crippen molar-refractivity contribution in [3.63, 3.8) is 0 Å². The molecule has 0 saturated heterocycles. The molecule has 29 heavy (non-hydrogen) atoms. The molecular formula is C21H21Cl2FN4O. The number of halogens is 3. The average Bonchev–Trinajstić information content (AvgIpc) is 3.21.